The summed E-state index contributed by atoms with van der Waals surface area (Å²) in [6.45, 7) is 8.75. The van der Waals surface area contributed by atoms with Crippen LogP contribution in [0, 0.1) is 5.92 Å². The number of carbonyl (C=O) groups excluding carboxylic acids is 1. The molecule has 1 aromatic heterocycles. The van der Waals surface area contributed by atoms with Crippen molar-refractivity contribution in [1.82, 2.24) is 13.8 Å². The van der Waals surface area contributed by atoms with E-state index < -0.39 is 10.0 Å². The number of hydrogen-bond donors (Lipinski definition) is 0. The van der Waals surface area contributed by atoms with Gasteiger partial charge < -0.3 is 9.47 Å². The van der Waals surface area contributed by atoms with Crippen LogP contribution in [0.4, 0.5) is 0 Å². The van der Waals surface area contributed by atoms with Crippen LogP contribution in [0.2, 0.25) is 0 Å². The number of rotatable bonds is 10. The minimum atomic E-state index is -3.89. The van der Waals surface area contributed by atoms with Crippen molar-refractivity contribution in [3.63, 3.8) is 0 Å². The van der Waals surface area contributed by atoms with Gasteiger partial charge in [-0.15, -0.1) is 0 Å². The molecule has 0 saturated heterocycles. The van der Waals surface area contributed by atoms with Crippen molar-refractivity contribution in [2.75, 3.05) is 13.1 Å². The highest BCUT2D eigenvalue weighted by atomic mass is 32.2. The van der Waals surface area contributed by atoms with Crippen LogP contribution in [0.3, 0.4) is 0 Å². The molecule has 1 amide bonds. The fraction of sp³-hybridized carbons (Fsp3) is 0.423. The summed E-state index contributed by atoms with van der Waals surface area (Å²) in [6, 6.07) is 16.4. The molecule has 7 heteroatoms. The largest absolute Gasteiger partial charge is 0.353 e. The van der Waals surface area contributed by atoms with E-state index in [1.165, 1.54) is 4.31 Å². The van der Waals surface area contributed by atoms with E-state index >= 15 is 0 Å². The van der Waals surface area contributed by atoms with Gasteiger partial charge in [0.05, 0.1) is 18.0 Å². The smallest absolute Gasteiger partial charge is 0.244 e. The maximum Gasteiger partial charge on any atom is 0.244 e. The molecule has 1 unspecified atom stereocenters. The van der Waals surface area contributed by atoms with Gasteiger partial charge >= 0.3 is 0 Å². The van der Waals surface area contributed by atoms with E-state index in [1.807, 2.05) is 74.1 Å². The van der Waals surface area contributed by atoms with Gasteiger partial charge in [0.2, 0.25) is 15.9 Å². The molecule has 2 aromatic carbocycles. The quantitative estimate of drug-likeness (QED) is 0.434. The Morgan fingerprint density at radius 1 is 1.00 bits per heavy atom. The number of fused-ring (bicyclic) bond motifs is 1. The zero-order chi connectivity index (χ0) is 24.2. The second-order valence-corrected chi connectivity index (χ2v) is 10.9. The van der Waals surface area contributed by atoms with E-state index in [-0.39, 0.29) is 29.3 Å². The number of benzene rings is 2. The summed E-state index contributed by atoms with van der Waals surface area (Å²) in [4.78, 5) is 15.5. The summed E-state index contributed by atoms with van der Waals surface area (Å²) in [6.07, 6.45) is 2.56. The summed E-state index contributed by atoms with van der Waals surface area (Å²) in [5.41, 5.74) is 1.01. The minimum Gasteiger partial charge on any atom is -0.353 e. The molecule has 1 heterocycles. The van der Waals surface area contributed by atoms with Crippen LogP contribution >= 0.6 is 0 Å². The second kappa shape index (κ2) is 10.5. The van der Waals surface area contributed by atoms with E-state index in [2.05, 4.69) is 13.8 Å². The van der Waals surface area contributed by atoms with Crippen LogP contribution in [-0.2, 0) is 28.4 Å². The van der Waals surface area contributed by atoms with Crippen LogP contribution in [0.15, 0.2) is 65.7 Å². The van der Waals surface area contributed by atoms with E-state index in [1.54, 1.807) is 17.0 Å². The molecular weight excluding hydrogens is 434 g/mol. The van der Waals surface area contributed by atoms with Crippen molar-refractivity contribution in [2.24, 2.45) is 13.0 Å². The molecule has 3 aromatic rings. The third-order valence-electron chi connectivity index (χ3n) is 6.05. The van der Waals surface area contributed by atoms with Gasteiger partial charge in [-0.25, -0.2) is 8.42 Å². The summed E-state index contributed by atoms with van der Waals surface area (Å²) in [5, 5.41) is 1.53. The fourth-order valence-electron chi connectivity index (χ4n) is 4.01. The number of sulfonamides is 1. The van der Waals surface area contributed by atoms with Crippen molar-refractivity contribution in [1.29, 1.82) is 0 Å². The lowest BCUT2D eigenvalue weighted by molar-refractivity contribution is -0.133. The van der Waals surface area contributed by atoms with E-state index in [4.69, 9.17) is 0 Å². The molecule has 0 bridgehead atoms. The average molecular weight is 470 g/mol. The van der Waals surface area contributed by atoms with Crippen molar-refractivity contribution in [3.05, 3.63) is 66.5 Å². The molecule has 6 nitrogen and oxygen atoms in total. The summed E-state index contributed by atoms with van der Waals surface area (Å²) in [7, 11) is -1.94. The lowest BCUT2D eigenvalue weighted by Gasteiger charge is -2.31. The van der Waals surface area contributed by atoms with E-state index in [0.717, 1.165) is 11.1 Å². The molecule has 0 aliphatic rings. The third-order valence-corrected chi connectivity index (χ3v) is 8.07. The Balaban J connectivity index is 1.96. The van der Waals surface area contributed by atoms with E-state index in [9.17, 15) is 13.2 Å². The van der Waals surface area contributed by atoms with Crippen LogP contribution in [0.25, 0.3) is 10.8 Å². The lowest BCUT2D eigenvalue weighted by Crippen LogP contribution is -2.47. The first kappa shape index (κ1) is 25.0. The molecule has 0 spiro atoms. The monoisotopic (exact) mass is 469 g/mol. The highest BCUT2D eigenvalue weighted by Crippen LogP contribution is 2.27. The van der Waals surface area contributed by atoms with Gasteiger partial charge in [0.15, 0.2) is 0 Å². The first-order chi connectivity index (χ1) is 15.6. The molecule has 0 aliphatic heterocycles. The standard InChI is InChI=1S/C26H35N3O3S/c1-6-21(4)29(33(31,32)25-15-9-12-22-11-7-8-14-24(22)25)19-26(30)28(17-20(2)3)18-23-13-10-16-27(23)5/h7-16,20-21H,6,17-19H2,1-5H3. The molecule has 33 heavy (non-hydrogen) atoms. The number of amides is 1. The normalized spacial score (nSPS) is 13.1. The first-order valence-electron chi connectivity index (χ1n) is 11.5. The molecule has 3 rings (SSSR count). The number of carbonyl (C=O) groups is 1. The number of aryl methyl sites for hydroxylation is 1. The highest BCUT2D eigenvalue weighted by Gasteiger charge is 2.33. The van der Waals surface area contributed by atoms with Gasteiger partial charge in [0.25, 0.3) is 0 Å². The van der Waals surface area contributed by atoms with Gasteiger partial charge in [0, 0.05) is 36.9 Å². The van der Waals surface area contributed by atoms with Crippen LogP contribution in [-0.4, -0.2) is 47.2 Å². The zero-order valence-electron chi connectivity index (χ0n) is 20.2. The first-order valence-corrected chi connectivity index (χ1v) is 13.0. The van der Waals surface area contributed by atoms with Crippen molar-refractivity contribution in [3.8, 4) is 0 Å². The Hall–Kier alpha value is -2.64. The Labute approximate surface area is 197 Å². The van der Waals surface area contributed by atoms with Crippen molar-refractivity contribution < 1.29 is 13.2 Å². The van der Waals surface area contributed by atoms with Gasteiger partial charge in [0.1, 0.15) is 0 Å². The Morgan fingerprint density at radius 3 is 2.33 bits per heavy atom. The summed E-state index contributed by atoms with van der Waals surface area (Å²) >= 11 is 0. The highest BCUT2D eigenvalue weighted by molar-refractivity contribution is 7.89. The van der Waals surface area contributed by atoms with Crippen LogP contribution in [0.5, 0.6) is 0 Å². The molecule has 0 fully saturated rings. The van der Waals surface area contributed by atoms with Crippen LogP contribution in [0.1, 0.15) is 39.8 Å². The number of aromatic nitrogens is 1. The topological polar surface area (TPSA) is 62.6 Å². The molecular formula is C26H35N3O3S. The predicted octanol–water partition coefficient (Wildman–Crippen LogP) is 4.65. The van der Waals surface area contributed by atoms with Gasteiger partial charge in [-0.1, -0.05) is 57.2 Å². The molecule has 0 saturated carbocycles. The molecule has 0 radical (unpaired) electrons. The Kier molecular flexibility index (Phi) is 7.97. The third kappa shape index (κ3) is 5.65. The fourth-order valence-corrected chi connectivity index (χ4v) is 5.88. The predicted molar refractivity (Wildman–Crippen MR) is 133 cm³/mol. The zero-order valence-corrected chi connectivity index (χ0v) is 21.0. The summed E-state index contributed by atoms with van der Waals surface area (Å²) < 4.78 is 31.1. The Morgan fingerprint density at radius 2 is 1.70 bits per heavy atom. The van der Waals surface area contributed by atoms with Gasteiger partial charge in [-0.3, -0.25) is 4.79 Å². The van der Waals surface area contributed by atoms with Gasteiger partial charge in [-0.05, 0) is 42.8 Å². The SMILES string of the molecule is CCC(C)N(CC(=O)N(Cc1cccn1C)CC(C)C)S(=O)(=O)c1cccc2ccccc12. The van der Waals surface area contributed by atoms with Crippen molar-refractivity contribution in [2.45, 2.75) is 51.6 Å². The molecule has 0 aliphatic carbocycles. The maximum absolute atomic E-state index is 13.8. The lowest BCUT2D eigenvalue weighted by atomic mass is 10.1. The maximum atomic E-state index is 13.8. The average Bonchev–Trinajstić information content (AvgIpc) is 3.19. The minimum absolute atomic E-state index is 0.183. The number of hydrogen-bond acceptors (Lipinski definition) is 3. The summed E-state index contributed by atoms with van der Waals surface area (Å²) in [5.74, 6) is 0.0787. The van der Waals surface area contributed by atoms with Gasteiger partial charge in [-0.2, -0.15) is 4.31 Å². The van der Waals surface area contributed by atoms with Crippen LogP contribution < -0.4 is 0 Å². The Bertz CT molecular complexity index is 1190. The van der Waals surface area contributed by atoms with E-state index in [0.29, 0.717) is 24.9 Å². The molecule has 0 N–H and O–H groups in total. The molecule has 178 valence electrons. The second-order valence-electron chi connectivity index (χ2n) is 9.06. The molecule has 1 atom stereocenters. The van der Waals surface area contributed by atoms with Crippen molar-refractivity contribution >= 4 is 26.7 Å². The number of nitrogens with zero attached hydrogens (tertiary/aromatic N) is 3.